The predicted octanol–water partition coefficient (Wildman–Crippen LogP) is 4.43. The molecule has 0 fully saturated rings. The van der Waals surface area contributed by atoms with E-state index in [1.807, 2.05) is 0 Å². The highest BCUT2D eigenvalue weighted by molar-refractivity contribution is 6.37. The smallest absolute Gasteiger partial charge is 0.322 e. The van der Waals surface area contributed by atoms with Gasteiger partial charge in [-0.25, -0.2) is 4.39 Å². The number of aliphatic carboxylic acids is 1. The number of carboxylic acids is 1. The first-order valence-corrected chi connectivity index (χ1v) is 9.97. The molecule has 166 valence electrons. The van der Waals surface area contributed by atoms with Gasteiger partial charge in [-0.3, -0.25) is 14.4 Å². The second-order valence-electron chi connectivity index (χ2n) is 7.06. The number of nitrogens with one attached hydrogen (secondary N) is 2. The number of hydrogen-bond acceptors (Lipinski definition) is 4. The number of ether oxygens (including phenoxy) is 1. The topological polar surface area (TPSA) is 105 Å². The van der Waals surface area contributed by atoms with Crippen LogP contribution in [0.1, 0.15) is 35.3 Å². The SMILES string of the molecule is Cc1cc(COc2c(Cl)cc(C(=O)NCC(=O)O)cc2Cl)c(F)c(NC(=O)C(C)C)c1. The number of carbonyl (C=O) groups excluding carboxylic acids is 2. The fourth-order valence-electron chi connectivity index (χ4n) is 2.55. The van der Waals surface area contributed by atoms with Crippen LogP contribution < -0.4 is 15.4 Å². The van der Waals surface area contributed by atoms with E-state index in [0.29, 0.717) is 5.56 Å². The highest BCUT2D eigenvalue weighted by Crippen LogP contribution is 2.35. The van der Waals surface area contributed by atoms with Crippen LogP contribution in [0.5, 0.6) is 5.75 Å². The Morgan fingerprint density at radius 2 is 1.74 bits per heavy atom. The summed E-state index contributed by atoms with van der Waals surface area (Å²) in [5, 5.41) is 13.4. The van der Waals surface area contributed by atoms with Crippen molar-refractivity contribution in [3.63, 3.8) is 0 Å². The molecule has 0 aliphatic rings. The van der Waals surface area contributed by atoms with Crippen molar-refractivity contribution in [3.05, 3.63) is 56.8 Å². The molecule has 0 aliphatic heterocycles. The molecule has 0 atom stereocenters. The molecule has 0 heterocycles. The molecule has 2 rings (SSSR count). The standard InChI is InChI=1S/C21H21Cl2FN2O5/c1-10(2)20(29)26-16-5-11(3)4-13(18(16)24)9-31-19-14(22)6-12(7-15(19)23)21(30)25-8-17(27)28/h4-7,10H,8-9H2,1-3H3,(H,25,30)(H,26,29)(H,27,28). The Bertz CT molecular complexity index is 1000. The lowest BCUT2D eigenvalue weighted by atomic mass is 10.1. The summed E-state index contributed by atoms with van der Waals surface area (Å²) in [5.41, 5.74) is 0.972. The van der Waals surface area contributed by atoms with Gasteiger partial charge < -0.3 is 20.5 Å². The van der Waals surface area contributed by atoms with Crippen molar-refractivity contribution in [3.8, 4) is 5.75 Å². The highest BCUT2D eigenvalue weighted by Gasteiger charge is 2.18. The summed E-state index contributed by atoms with van der Waals surface area (Å²) < 4.78 is 20.4. The van der Waals surface area contributed by atoms with Crippen molar-refractivity contribution in [2.45, 2.75) is 27.4 Å². The molecular formula is C21H21Cl2FN2O5. The van der Waals surface area contributed by atoms with Crippen LogP contribution in [-0.2, 0) is 16.2 Å². The normalized spacial score (nSPS) is 10.7. The van der Waals surface area contributed by atoms with Gasteiger partial charge in [0.05, 0.1) is 15.7 Å². The van der Waals surface area contributed by atoms with Crippen molar-refractivity contribution in [2.75, 3.05) is 11.9 Å². The van der Waals surface area contributed by atoms with Crippen LogP contribution >= 0.6 is 23.2 Å². The lowest BCUT2D eigenvalue weighted by Crippen LogP contribution is -2.29. The largest absolute Gasteiger partial charge is 0.486 e. The summed E-state index contributed by atoms with van der Waals surface area (Å²) in [6, 6.07) is 5.61. The molecule has 0 bridgehead atoms. The number of benzene rings is 2. The van der Waals surface area contributed by atoms with Crippen LogP contribution in [0.4, 0.5) is 10.1 Å². The lowest BCUT2D eigenvalue weighted by Gasteiger charge is -2.15. The van der Waals surface area contributed by atoms with Crippen LogP contribution in [-0.4, -0.2) is 29.4 Å². The van der Waals surface area contributed by atoms with Gasteiger partial charge in [0.25, 0.3) is 5.91 Å². The van der Waals surface area contributed by atoms with Gasteiger partial charge in [0.15, 0.2) is 11.6 Å². The van der Waals surface area contributed by atoms with Crippen LogP contribution in [0, 0.1) is 18.7 Å². The molecule has 0 saturated heterocycles. The highest BCUT2D eigenvalue weighted by atomic mass is 35.5. The second kappa shape index (κ2) is 10.5. The van der Waals surface area contributed by atoms with Crippen LogP contribution in [0.25, 0.3) is 0 Å². The Morgan fingerprint density at radius 3 is 2.29 bits per heavy atom. The third kappa shape index (κ3) is 6.57. The Balaban J connectivity index is 2.21. The summed E-state index contributed by atoms with van der Waals surface area (Å²) in [7, 11) is 0. The summed E-state index contributed by atoms with van der Waals surface area (Å²) in [4.78, 5) is 34.5. The Morgan fingerprint density at radius 1 is 1.13 bits per heavy atom. The van der Waals surface area contributed by atoms with E-state index >= 15 is 0 Å². The van der Waals surface area contributed by atoms with Crippen molar-refractivity contribution >= 4 is 46.7 Å². The minimum absolute atomic E-state index is 0.00521. The number of halogens is 3. The van der Waals surface area contributed by atoms with Gasteiger partial charge in [-0.05, 0) is 36.8 Å². The summed E-state index contributed by atoms with van der Waals surface area (Å²) >= 11 is 12.3. The first-order chi connectivity index (χ1) is 14.5. The summed E-state index contributed by atoms with van der Waals surface area (Å²) in [6.07, 6.45) is 0. The quantitative estimate of drug-likeness (QED) is 0.529. The van der Waals surface area contributed by atoms with E-state index in [1.54, 1.807) is 26.8 Å². The summed E-state index contributed by atoms with van der Waals surface area (Å²) in [6.45, 7) is 4.35. The number of carbonyl (C=O) groups is 3. The number of aryl methyl sites for hydroxylation is 1. The fraction of sp³-hybridized carbons (Fsp3) is 0.286. The van der Waals surface area contributed by atoms with Gasteiger partial charge in [-0.1, -0.05) is 37.0 Å². The van der Waals surface area contributed by atoms with E-state index in [9.17, 15) is 18.8 Å². The minimum Gasteiger partial charge on any atom is -0.486 e. The molecule has 3 N–H and O–H groups in total. The summed E-state index contributed by atoms with van der Waals surface area (Å²) in [5.74, 6) is -3.12. The van der Waals surface area contributed by atoms with Gasteiger partial charge in [0.2, 0.25) is 5.91 Å². The molecule has 0 aliphatic carbocycles. The first-order valence-electron chi connectivity index (χ1n) is 9.21. The van der Waals surface area contributed by atoms with Gasteiger partial charge in [-0.15, -0.1) is 0 Å². The molecule has 7 nitrogen and oxygen atoms in total. The Labute approximate surface area is 188 Å². The van der Waals surface area contributed by atoms with E-state index in [0.717, 1.165) is 0 Å². The molecule has 0 unspecified atom stereocenters. The van der Waals surface area contributed by atoms with Crippen molar-refractivity contribution < 1.29 is 28.6 Å². The zero-order chi connectivity index (χ0) is 23.3. The van der Waals surface area contributed by atoms with E-state index in [2.05, 4.69) is 10.6 Å². The average molecular weight is 471 g/mol. The number of amides is 2. The van der Waals surface area contributed by atoms with Crippen molar-refractivity contribution in [1.29, 1.82) is 0 Å². The molecule has 2 amide bonds. The van der Waals surface area contributed by atoms with E-state index in [4.69, 9.17) is 33.0 Å². The van der Waals surface area contributed by atoms with Crippen molar-refractivity contribution in [2.24, 2.45) is 5.92 Å². The lowest BCUT2D eigenvalue weighted by molar-refractivity contribution is -0.135. The second-order valence-corrected chi connectivity index (χ2v) is 7.88. The van der Waals surface area contributed by atoms with Gasteiger partial charge in [-0.2, -0.15) is 0 Å². The van der Waals surface area contributed by atoms with Crippen molar-refractivity contribution in [1.82, 2.24) is 5.32 Å². The average Bonchev–Trinajstić information content (AvgIpc) is 2.68. The maximum atomic E-state index is 14.8. The molecule has 0 aromatic heterocycles. The van der Waals surface area contributed by atoms with E-state index in [1.165, 1.54) is 18.2 Å². The third-order valence-electron chi connectivity index (χ3n) is 4.11. The van der Waals surface area contributed by atoms with Gasteiger partial charge in [0, 0.05) is 17.0 Å². The minimum atomic E-state index is -1.20. The van der Waals surface area contributed by atoms with Crippen LogP contribution in [0.2, 0.25) is 10.0 Å². The number of hydrogen-bond donors (Lipinski definition) is 3. The molecule has 31 heavy (non-hydrogen) atoms. The molecular weight excluding hydrogens is 450 g/mol. The molecule has 10 heteroatoms. The van der Waals surface area contributed by atoms with Crippen LogP contribution in [0.15, 0.2) is 24.3 Å². The zero-order valence-electron chi connectivity index (χ0n) is 17.0. The molecule has 0 saturated carbocycles. The Hall–Kier alpha value is -2.84. The number of rotatable bonds is 8. The third-order valence-corrected chi connectivity index (χ3v) is 4.67. The fourth-order valence-corrected chi connectivity index (χ4v) is 3.15. The van der Waals surface area contributed by atoms with Gasteiger partial charge >= 0.3 is 5.97 Å². The number of anilines is 1. The predicted molar refractivity (Wildman–Crippen MR) is 115 cm³/mol. The zero-order valence-corrected chi connectivity index (χ0v) is 18.5. The molecule has 2 aromatic rings. The monoisotopic (exact) mass is 470 g/mol. The van der Waals surface area contributed by atoms with Crippen LogP contribution in [0.3, 0.4) is 0 Å². The molecule has 2 aromatic carbocycles. The molecule has 0 radical (unpaired) electrons. The van der Waals surface area contributed by atoms with E-state index in [-0.39, 0.29) is 51.0 Å². The maximum Gasteiger partial charge on any atom is 0.322 e. The van der Waals surface area contributed by atoms with Gasteiger partial charge in [0.1, 0.15) is 13.2 Å². The Kier molecular flexibility index (Phi) is 8.24. The molecule has 0 spiro atoms. The maximum absolute atomic E-state index is 14.8. The van der Waals surface area contributed by atoms with E-state index < -0.39 is 24.2 Å². The number of carboxylic acid groups (broad SMARTS) is 1. The first kappa shape index (κ1) is 24.4.